The first-order valence-corrected chi connectivity index (χ1v) is 8.64. The van der Waals surface area contributed by atoms with Crippen molar-refractivity contribution in [2.24, 2.45) is 0 Å². The van der Waals surface area contributed by atoms with Gasteiger partial charge >= 0.3 is 0 Å². The molecule has 0 spiro atoms. The van der Waals surface area contributed by atoms with Crippen LogP contribution in [0, 0.1) is 11.3 Å². The maximum atomic E-state index is 12.8. The summed E-state index contributed by atoms with van der Waals surface area (Å²) in [7, 11) is 1.56. The molecule has 1 aliphatic heterocycles. The summed E-state index contributed by atoms with van der Waals surface area (Å²) < 4.78 is 7.79. The lowest BCUT2D eigenvalue weighted by Crippen LogP contribution is -2.17. The summed E-state index contributed by atoms with van der Waals surface area (Å²) in [6, 6.07) is 7.14. The van der Waals surface area contributed by atoms with E-state index < -0.39 is 5.92 Å². The maximum Gasteiger partial charge on any atom is 0.187 e. The van der Waals surface area contributed by atoms with Crippen molar-refractivity contribution in [2.45, 2.75) is 38.1 Å². The molecule has 7 heteroatoms. The SMILES string of the molecule is COc1ccc(C(=O)[C@@H](C#N)c2nnc3n2CCCCC3)cc1Br. The third-order valence-electron chi connectivity index (χ3n) is 4.22. The van der Waals surface area contributed by atoms with Gasteiger partial charge in [0, 0.05) is 18.5 Å². The second kappa shape index (κ2) is 7.14. The minimum atomic E-state index is -0.954. The first-order chi connectivity index (χ1) is 11.7. The molecule has 6 nitrogen and oxygen atoms in total. The summed E-state index contributed by atoms with van der Waals surface area (Å²) in [4.78, 5) is 12.8. The van der Waals surface area contributed by atoms with E-state index in [-0.39, 0.29) is 5.78 Å². The molecule has 0 saturated carbocycles. The molecule has 1 aromatic heterocycles. The van der Waals surface area contributed by atoms with Crippen molar-refractivity contribution in [2.75, 3.05) is 7.11 Å². The van der Waals surface area contributed by atoms with E-state index in [1.807, 2.05) is 4.57 Å². The molecule has 24 heavy (non-hydrogen) atoms. The minimum absolute atomic E-state index is 0.277. The van der Waals surface area contributed by atoms with Crippen LogP contribution in [0.15, 0.2) is 22.7 Å². The Labute approximate surface area is 148 Å². The molecule has 0 bridgehead atoms. The van der Waals surface area contributed by atoms with Crippen LogP contribution in [0.1, 0.15) is 47.2 Å². The van der Waals surface area contributed by atoms with Crippen molar-refractivity contribution in [1.82, 2.24) is 14.8 Å². The second-order valence-electron chi connectivity index (χ2n) is 5.71. The van der Waals surface area contributed by atoms with Crippen LogP contribution >= 0.6 is 15.9 Å². The number of ketones is 1. The molecule has 0 amide bonds. The van der Waals surface area contributed by atoms with Crippen molar-refractivity contribution >= 4 is 21.7 Å². The average molecular weight is 389 g/mol. The normalized spacial score (nSPS) is 15.0. The standard InChI is InChI=1S/C17H17BrN4O2/c1-24-14-7-6-11(9-13(14)18)16(23)12(10-19)17-21-20-15-5-3-2-4-8-22(15)17/h6-7,9,12H,2-5,8H2,1H3/t12-/m1/s1. The number of benzene rings is 1. The Morgan fingerprint density at radius 2 is 2.21 bits per heavy atom. The number of nitrogens with zero attached hydrogens (tertiary/aromatic N) is 4. The van der Waals surface area contributed by atoms with Crippen LogP contribution in [0.3, 0.4) is 0 Å². The molecule has 2 heterocycles. The summed E-state index contributed by atoms with van der Waals surface area (Å²) in [6.45, 7) is 0.759. The van der Waals surface area contributed by atoms with Crippen LogP contribution in [0.25, 0.3) is 0 Å². The molecule has 2 aromatic rings. The number of aryl methyl sites for hydroxylation is 1. The summed E-state index contributed by atoms with van der Waals surface area (Å²) in [5.74, 6) is 0.721. The molecule has 0 N–H and O–H groups in total. The van der Waals surface area contributed by atoms with Crippen LogP contribution < -0.4 is 4.74 Å². The van der Waals surface area contributed by atoms with Gasteiger partial charge in [-0.1, -0.05) is 6.42 Å². The topological polar surface area (TPSA) is 80.8 Å². The number of aromatic nitrogens is 3. The van der Waals surface area contributed by atoms with Gasteiger partial charge in [0.05, 0.1) is 17.7 Å². The number of carbonyl (C=O) groups is 1. The van der Waals surface area contributed by atoms with E-state index in [1.165, 1.54) is 0 Å². The first kappa shape index (κ1) is 16.7. The quantitative estimate of drug-likeness (QED) is 0.750. The summed E-state index contributed by atoms with van der Waals surface area (Å²) in [5.41, 5.74) is 0.445. The van der Waals surface area contributed by atoms with Crippen LogP contribution in [0.2, 0.25) is 0 Å². The largest absolute Gasteiger partial charge is 0.496 e. The van der Waals surface area contributed by atoms with Gasteiger partial charge in [0.25, 0.3) is 0 Å². The van der Waals surface area contributed by atoms with E-state index in [0.717, 1.165) is 38.1 Å². The Balaban J connectivity index is 1.95. The number of rotatable bonds is 4. The molecule has 1 aromatic carbocycles. The van der Waals surface area contributed by atoms with E-state index in [0.29, 0.717) is 21.6 Å². The lowest BCUT2D eigenvalue weighted by Gasteiger charge is -2.12. The second-order valence-corrected chi connectivity index (χ2v) is 6.57. The monoisotopic (exact) mass is 388 g/mol. The van der Waals surface area contributed by atoms with Crippen molar-refractivity contribution < 1.29 is 9.53 Å². The molecule has 124 valence electrons. The molecule has 0 radical (unpaired) electrons. The van der Waals surface area contributed by atoms with Crippen molar-refractivity contribution in [1.29, 1.82) is 5.26 Å². The fraction of sp³-hybridized carbons (Fsp3) is 0.412. The molecular formula is C17H17BrN4O2. The fourth-order valence-corrected chi connectivity index (χ4v) is 3.48. The highest BCUT2D eigenvalue weighted by atomic mass is 79.9. The number of nitriles is 1. The number of hydrogen-bond acceptors (Lipinski definition) is 5. The van der Waals surface area contributed by atoms with E-state index in [9.17, 15) is 10.1 Å². The number of methoxy groups -OCH3 is 1. The van der Waals surface area contributed by atoms with Gasteiger partial charge < -0.3 is 9.30 Å². The zero-order chi connectivity index (χ0) is 17.1. The van der Waals surface area contributed by atoms with Gasteiger partial charge in [-0.05, 0) is 47.0 Å². The van der Waals surface area contributed by atoms with Gasteiger partial charge in [-0.15, -0.1) is 10.2 Å². The van der Waals surface area contributed by atoms with Crippen LogP contribution in [-0.2, 0) is 13.0 Å². The summed E-state index contributed by atoms with van der Waals surface area (Å²) >= 11 is 3.37. The molecule has 3 rings (SSSR count). The van der Waals surface area contributed by atoms with Crippen molar-refractivity contribution in [3.63, 3.8) is 0 Å². The van der Waals surface area contributed by atoms with Gasteiger partial charge in [-0.25, -0.2) is 0 Å². The van der Waals surface area contributed by atoms with Crippen molar-refractivity contribution in [3.8, 4) is 11.8 Å². The highest BCUT2D eigenvalue weighted by molar-refractivity contribution is 9.10. The van der Waals surface area contributed by atoms with Crippen LogP contribution in [0.4, 0.5) is 0 Å². The predicted molar refractivity (Wildman–Crippen MR) is 91.0 cm³/mol. The minimum Gasteiger partial charge on any atom is -0.496 e. The Morgan fingerprint density at radius 1 is 1.38 bits per heavy atom. The van der Waals surface area contributed by atoms with Crippen molar-refractivity contribution in [3.05, 3.63) is 39.9 Å². The molecule has 1 aliphatic rings. The Kier molecular flexibility index (Phi) is 4.95. The molecule has 0 aliphatic carbocycles. The third kappa shape index (κ3) is 3.06. The molecule has 0 unspecified atom stereocenters. The van der Waals surface area contributed by atoms with E-state index in [1.54, 1.807) is 25.3 Å². The first-order valence-electron chi connectivity index (χ1n) is 7.85. The number of Topliss-reactive ketones (excluding diaryl/α,β-unsaturated/α-hetero) is 1. The van der Waals surface area contributed by atoms with Gasteiger partial charge in [-0.2, -0.15) is 5.26 Å². The number of carbonyl (C=O) groups excluding carboxylic acids is 1. The third-order valence-corrected chi connectivity index (χ3v) is 4.84. The zero-order valence-electron chi connectivity index (χ0n) is 13.3. The molecule has 1 atom stereocenters. The average Bonchev–Trinajstić information content (AvgIpc) is 2.83. The smallest absolute Gasteiger partial charge is 0.187 e. The van der Waals surface area contributed by atoms with Gasteiger partial charge in [-0.3, -0.25) is 4.79 Å². The number of fused-ring (bicyclic) bond motifs is 1. The van der Waals surface area contributed by atoms with Crippen LogP contribution in [0.5, 0.6) is 5.75 Å². The zero-order valence-corrected chi connectivity index (χ0v) is 14.9. The lowest BCUT2D eigenvalue weighted by atomic mass is 9.98. The lowest BCUT2D eigenvalue weighted by molar-refractivity contribution is 0.0974. The Hall–Kier alpha value is -2.20. The highest BCUT2D eigenvalue weighted by Crippen LogP contribution is 2.29. The summed E-state index contributed by atoms with van der Waals surface area (Å²) in [6.07, 6.45) is 4.04. The number of hydrogen-bond donors (Lipinski definition) is 0. The maximum absolute atomic E-state index is 12.8. The highest BCUT2D eigenvalue weighted by Gasteiger charge is 2.29. The van der Waals surface area contributed by atoms with E-state index in [4.69, 9.17) is 4.74 Å². The molecule has 0 saturated heterocycles. The van der Waals surface area contributed by atoms with Gasteiger partial charge in [0.1, 0.15) is 11.6 Å². The molecule has 0 fully saturated rings. The number of halogens is 1. The van der Waals surface area contributed by atoms with Gasteiger partial charge in [0.15, 0.2) is 17.5 Å². The predicted octanol–water partition coefficient (Wildman–Crippen LogP) is 3.27. The number of ether oxygens (including phenoxy) is 1. The van der Waals surface area contributed by atoms with Gasteiger partial charge in [0.2, 0.25) is 0 Å². The van der Waals surface area contributed by atoms with E-state index >= 15 is 0 Å². The van der Waals surface area contributed by atoms with E-state index in [2.05, 4.69) is 32.2 Å². The Morgan fingerprint density at radius 3 is 2.92 bits per heavy atom. The Bertz CT molecular complexity index is 809. The summed E-state index contributed by atoms with van der Waals surface area (Å²) in [5, 5.41) is 17.9. The fourth-order valence-electron chi connectivity index (χ4n) is 2.94. The van der Waals surface area contributed by atoms with Crippen LogP contribution in [-0.4, -0.2) is 27.7 Å². The molecular weight excluding hydrogens is 372 g/mol.